The van der Waals surface area contributed by atoms with Crippen molar-refractivity contribution in [3.63, 3.8) is 0 Å². The standard InChI is InChI=1S/C45H65N5O6/c1-7-9-10-11-12-14-34-15-18-37(32(4)26-34)44(53)49-30-42(52)50(6)43(45(54)48-29-33(5)51)36-17-20-41(56-24-22-47)39(28-36)38-27-35(25-31(3)13-8-2)16-19-40(38)55-23-21-46/h15-20,26-28,31,43H,7-14,21-25,29-30,46-47H2,1-6H3,(H,48,54)(H,49,53). The number of hydrogen-bond donors (Lipinski definition) is 4. The molecule has 0 radical (unpaired) electrons. The average molecular weight is 772 g/mol. The van der Waals surface area contributed by atoms with Crippen LogP contribution in [0.5, 0.6) is 11.5 Å². The van der Waals surface area contributed by atoms with Gasteiger partial charge >= 0.3 is 0 Å². The number of nitrogens with two attached hydrogens (primary N) is 2. The van der Waals surface area contributed by atoms with Crippen LogP contribution in [0.15, 0.2) is 54.6 Å². The van der Waals surface area contributed by atoms with Gasteiger partial charge in [0.05, 0.1) is 13.1 Å². The summed E-state index contributed by atoms with van der Waals surface area (Å²) < 4.78 is 12.2. The van der Waals surface area contributed by atoms with Crippen molar-refractivity contribution >= 4 is 23.5 Å². The monoisotopic (exact) mass is 771 g/mol. The second-order valence-corrected chi connectivity index (χ2v) is 14.8. The summed E-state index contributed by atoms with van der Waals surface area (Å²) in [4.78, 5) is 54.2. The zero-order valence-electron chi connectivity index (χ0n) is 34.5. The van der Waals surface area contributed by atoms with Crippen molar-refractivity contribution in [2.45, 2.75) is 98.4 Å². The van der Waals surface area contributed by atoms with E-state index in [2.05, 4.69) is 43.5 Å². The maximum atomic E-state index is 13.9. The molecule has 3 amide bonds. The molecule has 0 aromatic heterocycles. The summed E-state index contributed by atoms with van der Waals surface area (Å²) in [7, 11) is 1.51. The molecule has 0 aliphatic rings. The van der Waals surface area contributed by atoms with Gasteiger partial charge in [0.1, 0.15) is 36.5 Å². The molecule has 0 spiro atoms. The van der Waals surface area contributed by atoms with Crippen LogP contribution in [0.25, 0.3) is 11.1 Å². The van der Waals surface area contributed by atoms with Gasteiger partial charge in [0, 0.05) is 36.8 Å². The van der Waals surface area contributed by atoms with Crippen LogP contribution in [0.3, 0.4) is 0 Å². The number of carbonyl (C=O) groups is 4. The molecule has 11 nitrogen and oxygen atoms in total. The Kier molecular flexibility index (Phi) is 19.6. The maximum Gasteiger partial charge on any atom is 0.251 e. The van der Waals surface area contributed by atoms with Crippen molar-refractivity contribution < 1.29 is 28.7 Å². The van der Waals surface area contributed by atoms with Crippen LogP contribution in [0.4, 0.5) is 0 Å². The minimum atomic E-state index is -1.15. The first kappa shape index (κ1) is 45.6. The number of ether oxygens (including phenoxy) is 2. The molecule has 306 valence electrons. The molecule has 3 rings (SSSR count). The third-order valence-electron chi connectivity index (χ3n) is 9.82. The number of hydrogen-bond acceptors (Lipinski definition) is 8. The number of amides is 3. The van der Waals surface area contributed by atoms with E-state index in [9.17, 15) is 19.2 Å². The number of carbonyl (C=O) groups excluding carboxylic acids is 4. The molecule has 0 saturated heterocycles. The smallest absolute Gasteiger partial charge is 0.251 e. The van der Waals surface area contributed by atoms with Crippen LogP contribution in [0.1, 0.15) is 111 Å². The highest BCUT2D eigenvalue weighted by molar-refractivity contribution is 5.98. The number of unbranched alkanes of at least 4 members (excludes halogenated alkanes) is 4. The number of benzene rings is 3. The van der Waals surface area contributed by atoms with Gasteiger partial charge in [-0.05, 0) is 91.6 Å². The summed E-state index contributed by atoms with van der Waals surface area (Å²) in [6.45, 7) is 10.5. The number of ketones is 1. The van der Waals surface area contributed by atoms with E-state index in [1.807, 2.05) is 31.2 Å². The normalized spacial score (nSPS) is 12.1. The van der Waals surface area contributed by atoms with E-state index >= 15 is 0 Å². The van der Waals surface area contributed by atoms with Gasteiger partial charge in [-0.1, -0.05) is 83.6 Å². The third kappa shape index (κ3) is 14.1. The first-order valence-electron chi connectivity index (χ1n) is 20.3. The predicted molar refractivity (Wildman–Crippen MR) is 224 cm³/mol. The molecule has 0 heterocycles. The highest BCUT2D eigenvalue weighted by Gasteiger charge is 2.30. The number of nitrogens with zero attached hydrogens (tertiary/aromatic N) is 1. The zero-order chi connectivity index (χ0) is 41.0. The summed E-state index contributed by atoms with van der Waals surface area (Å²) in [5.74, 6) is -0.0738. The van der Waals surface area contributed by atoms with E-state index in [-0.39, 0.29) is 37.9 Å². The number of Topliss-reactive ketones (excluding diaryl/α,β-unsaturated/α-hetero) is 1. The summed E-state index contributed by atoms with van der Waals surface area (Å²) >= 11 is 0. The fourth-order valence-electron chi connectivity index (χ4n) is 6.88. The lowest BCUT2D eigenvalue weighted by Gasteiger charge is -2.29. The second kappa shape index (κ2) is 24.0. The topological polar surface area (TPSA) is 166 Å². The Bertz CT molecular complexity index is 1740. The van der Waals surface area contributed by atoms with E-state index in [0.717, 1.165) is 48.8 Å². The molecule has 0 aliphatic carbocycles. The van der Waals surface area contributed by atoms with Crippen LogP contribution >= 0.6 is 0 Å². The Morgan fingerprint density at radius 2 is 1.41 bits per heavy atom. The Balaban J connectivity index is 1.97. The van der Waals surface area contributed by atoms with Crippen molar-refractivity contribution in [3.05, 3.63) is 82.4 Å². The van der Waals surface area contributed by atoms with E-state index in [1.54, 1.807) is 18.2 Å². The molecule has 56 heavy (non-hydrogen) atoms. The second-order valence-electron chi connectivity index (χ2n) is 14.8. The number of nitrogens with one attached hydrogen (secondary N) is 2. The van der Waals surface area contributed by atoms with Gasteiger partial charge in [-0.3, -0.25) is 19.2 Å². The summed E-state index contributed by atoms with van der Waals surface area (Å²) in [6.07, 6.45) is 9.94. The molecule has 0 saturated carbocycles. The molecular weight excluding hydrogens is 707 g/mol. The largest absolute Gasteiger partial charge is 0.492 e. The van der Waals surface area contributed by atoms with Crippen LogP contribution in [0, 0.1) is 12.8 Å². The molecule has 2 atom stereocenters. The molecule has 3 aromatic rings. The van der Waals surface area contributed by atoms with Crippen molar-refractivity contribution in [3.8, 4) is 22.6 Å². The van der Waals surface area contributed by atoms with Gasteiger partial charge in [0.25, 0.3) is 5.91 Å². The first-order chi connectivity index (χ1) is 26.9. The van der Waals surface area contributed by atoms with Gasteiger partial charge in [-0.25, -0.2) is 0 Å². The zero-order valence-corrected chi connectivity index (χ0v) is 34.5. The van der Waals surface area contributed by atoms with E-state index in [0.29, 0.717) is 47.3 Å². The SMILES string of the molecule is CCCCCCCc1ccc(C(=O)NCC(=O)N(C)C(C(=O)NCC(C)=O)c2ccc(OCCN)c(-c3cc(CC(C)CCC)ccc3OCCN)c2)c(C)c1. The van der Waals surface area contributed by atoms with E-state index in [1.165, 1.54) is 50.1 Å². The summed E-state index contributed by atoms with van der Waals surface area (Å²) in [5, 5.41) is 5.43. The van der Waals surface area contributed by atoms with Crippen molar-refractivity contribution in [2.24, 2.45) is 17.4 Å². The number of likely N-dealkylation sites (N-methyl/N-ethyl adjacent to an activating group) is 1. The molecule has 0 fully saturated rings. The van der Waals surface area contributed by atoms with Gasteiger partial charge in [-0.2, -0.15) is 0 Å². The van der Waals surface area contributed by atoms with Crippen molar-refractivity contribution in [2.75, 3.05) is 46.4 Å². The lowest BCUT2D eigenvalue weighted by atomic mass is 9.92. The molecular formula is C45H65N5O6. The van der Waals surface area contributed by atoms with E-state index in [4.69, 9.17) is 20.9 Å². The predicted octanol–water partition coefficient (Wildman–Crippen LogP) is 6.46. The maximum absolute atomic E-state index is 13.9. The van der Waals surface area contributed by atoms with Crippen LogP contribution < -0.4 is 31.6 Å². The number of aryl methyl sites for hydroxylation is 2. The molecule has 3 aromatic carbocycles. The van der Waals surface area contributed by atoms with Crippen molar-refractivity contribution in [1.82, 2.24) is 15.5 Å². The lowest BCUT2D eigenvalue weighted by molar-refractivity contribution is -0.138. The highest BCUT2D eigenvalue weighted by atomic mass is 16.5. The van der Waals surface area contributed by atoms with Gasteiger partial charge in [0.2, 0.25) is 11.8 Å². The Morgan fingerprint density at radius 1 is 0.768 bits per heavy atom. The fraction of sp³-hybridized carbons (Fsp3) is 0.511. The highest BCUT2D eigenvalue weighted by Crippen LogP contribution is 2.40. The third-order valence-corrected chi connectivity index (χ3v) is 9.82. The van der Waals surface area contributed by atoms with Crippen LogP contribution in [-0.4, -0.2) is 74.8 Å². The van der Waals surface area contributed by atoms with Crippen molar-refractivity contribution in [1.29, 1.82) is 0 Å². The quantitative estimate of drug-likeness (QED) is 0.0713. The first-order valence-corrected chi connectivity index (χ1v) is 20.3. The molecule has 0 aliphatic heterocycles. The number of rotatable bonds is 25. The van der Waals surface area contributed by atoms with Crippen LogP contribution in [0.2, 0.25) is 0 Å². The molecule has 0 bridgehead atoms. The minimum Gasteiger partial charge on any atom is -0.492 e. The minimum absolute atomic E-state index is 0.207. The molecule has 6 N–H and O–H groups in total. The molecule has 2 unspecified atom stereocenters. The van der Waals surface area contributed by atoms with Gasteiger partial charge in [-0.15, -0.1) is 0 Å². The van der Waals surface area contributed by atoms with E-state index < -0.39 is 17.9 Å². The Morgan fingerprint density at radius 3 is 2.04 bits per heavy atom. The van der Waals surface area contributed by atoms with Crippen LogP contribution in [-0.2, 0) is 27.2 Å². The Hall–Kier alpha value is -4.74. The van der Waals surface area contributed by atoms with Gasteiger partial charge in [0.15, 0.2) is 0 Å². The van der Waals surface area contributed by atoms with Gasteiger partial charge < -0.3 is 36.5 Å². The average Bonchev–Trinajstić information content (AvgIpc) is 3.18. The Labute approximate surface area is 334 Å². The summed E-state index contributed by atoms with van der Waals surface area (Å²) in [6, 6.07) is 16.0. The summed E-state index contributed by atoms with van der Waals surface area (Å²) in [5.41, 5.74) is 17.1. The molecule has 11 heteroatoms. The lowest BCUT2D eigenvalue weighted by Crippen LogP contribution is -2.46. The fourth-order valence-corrected chi connectivity index (χ4v) is 6.88.